The fourth-order valence-electron chi connectivity index (χ4n) is 4.35. The highest BCUT2D eigenvalue weighted by molar-refractivity contribution is 4.99. The Kier molecular flexibility index (Phi) is 4.91. The third-order valence-corrected chi connectivity index (χ3v) is 5.62. The van der Waals surface area contributed by atoms with Crippen molar-refractivity contribution in [3.8, 4) is 0 Å². The minimum absolute atomic E-state index is 0.466. The van der Waals surface area contributed by atoms with Gasteiger partial charge in [-0.3, -0.25) is 0 Å². The van der Waals surface area contributed by atoms with Gasteiger partial charge < -0.3 is 15.1 Å². The zero-order chi connectivity index (χ0) is 13.9. The van der Waals surface area contributed by atoms with Crippen molar-refractivity contribution in [2.45, 2.75) is 50.5 Å². The zero-order valence-corrected chi connectivity index (χ0v) is 13.5. The Bertz CT molecular complexity index is 278. The van der Waals surface area contributed by atoms with E-state index in [0.717, 1.165) is 0 Å². The average Bonchev–Trinajstić information content (AvgIpc) is 2.72. The van der Waals surface area contributed by atoms with E-state index in [1.54, 1.807) is 0 Å². The van der Waals surface area contributed by atoms with E-state index in [1.165, 1.54) is 64.6 Å². The molecule has 0 radical (unpaired) electrons. The first-order valence-electron chi connectivity index (χ1n) is 8.03. The van der Waals surface area contributed by atoms with Crippen molar-refractivity contribution in [1.82, 2.24) is 15.1 Å². The lowest BCUT2D eigenvalue weighted by molar-refractivity contribution is 0.0162. The molecule has 3 nitrogen and oxygen atoms in total. The molecule has 0 saturated heterocycles. The monoisotopic (exact) mass is 267 g/mol. The molecule has 2 rings (SSSR count). The Labute approximate surface area is 119 Å². The fraction of sp³-hybridized carbons (Fsp3) is 1.00. The van der Waals surface area contributed by atoms with Gasteiger partial charge in [0.25, 0.3) is 0 Å². The third-order valence-electron chi connectivity index (χ3n) is 5.62. The maximum Gasteiger partial charge on any atom is 0.0330 e. The van der Waals surface area contributed by atoms with Gasteiger partial charge in [0, 0.05) is 25.2 Å². The summed E-state index contributed by atoms with van der Waals surface area (Å²) in [5, 5.41) is 3.43. The van der Waals surface area contributed by atoms with Crippen LogP contribution in [-0.4, -0.2) is 63.2 Å². The van der Waals surface area contributed by atoms with Crippen LogP contribution >= 0.6 is 0 Å². The Hall–Kier alpha value is -0.120. The summed E-state index contributed by atoms with van der Waals surface area (Å²) in [6, 6.07) is 0. The first kappa shape index (κ1) is 15.3. The minimum Gasteiger partial charge on any atom is -0.319 e. The van der Waals surface area contributed by atoms with Gasteiger partial charge in [-0.15, -0.1) is 0 Å². The Morgan fingerprint density at radius 3 is 1.95 bits per heavy atom. The molecule has 0 atom stereocenters. The van der Waals surface area contributed by atoms with Crippen molar-refractivity contribution < 1.29 is 0 Å². The smallest absolute Gasteiger partial charge is 0.0330 e. The summed E-state index contributed by atoms with van der Waals surface area (Å²) in [4.78, 5) is 5.08. The Morgan fingerprint density at radius 1 is 0.895 bits per heavy atom. The number of rotatable bonds is 7. The average molecular weight is 267 g/mol. The topological polar surface area (TPSA) is 18.5 Å². The molecule has 3 heteroatoms. The lowest BCUT2D eigenvalue weighted by atomic mass is 9.75. The standard InChI is InChI=1S/C16H33N3/c1-17-12-15(8-5-6-9-15)13-19(4)14-16(18(2)3)10-7-11-16/h17H,5-14H2,1-4H3. The van der Waals surface area contributed by atoms with Gasteiger partial charge in [-0.05, 0) is 65.7 Å². The predicted molar refractivity (Wildman–Crippen MR) is 82.6 cm³/mol. The molecule has 0 amide bonds. The molecule has 2 saturated carbocycles. The van der Waals surface area contributed by atoms with Crippen molar-refractivity contribution in [2.24, 2.45) is 5.41 Å². The fourth-order valence-corrected chi connectivity index (χ4v) is 4.35. The van der Waals surface area contributed by atoms with Gasteiger partial charge in [-0.2, -0.15) is 0 Å². The second-order valence-corrected chi connectivity index (χ2v) is 7.38. The summed E-state index contributed by atoms with van der Waals surface area (Å²) in [5.41, 5.74) is 1.01. The summed E-state index contributed by atoms with van der Waals surface area (Å²) >= 11 is 0. The van der Waals surface area contributed by atoms with Crippen LogP contribution in [0.5, 0.6) is 0 Å². The number of nitrogens with one attached hydrogen (secondary N) is 1. The molecule has 0 aliphatic heterocycles. The van der Waals surface area contributed by atoms with E-state index in [0.29, 0.717) is 11.0 Å². The Balaban J connectivity index is 1.90. The lowest BCUT2D eigenvalue weighted by Gasteiger charge is -2.50. The molecular formula is C16H33N3. The first-order valence-corrected chi connectivity index (χ1v) is 8.03. The van der Waals surface area contributed by atoms with Crippen molar-refractivity contribution >= 4 is 0 Å². The van der Waals surface area contributed by atoms with Crippen LogP contribution in [0.25, 0.3) is 0 Å². The zero-order valence-electron chi connectivity index (χ0n) is 13.5. The van der Waals surface area contributed by atoms with E-state index in [1.807, 2.05) is 0 Å². The summed E-state index contributed by atoms with van der Waals surface area (Å²) < 4.78 is 0. The predicted octanol–water partition coefficient (Wildman–Crippen LogP) is 2.18. The molecule has 0 aromatic heterocycles. The van der Waals surface area contributed by atoms with Crippen LogP contribution in [0, 0.1) is 5.41 Å². The molecule has 0 heterocycles. The van der Waals surface area contributed by atoms with Crippen LogP contribution in [0.2, 0.25) is 0 Å². The first-order chi connectivity index (χ1) is 9.02. The van der Waals surface area contributed by atoms with E-state index in [4.69, 9.17) is 0 Å². The SMILES string of the molecule is CNCC1(CN(C)CC2(N(C)C)CCC2)CCCC1. The highest BCUT2D eigenvalue weighted by Crippen LogP contribution is 2.40. The summed E-state index contributed by atoms with van der Waals surface area (Å²) in [5.74, 6) is 0. The van der Waals surface area contributed by atoms with Crippen LogP contribution in [-0.2, 0) is 0 Å². The summed E-state index contributed by atoms with van der Waals surface area (Å²) in [6.45, 7) is 3.70. The summed E-state index contributed by atoms with van der Waals surface area (Å²) in [6.07, 6.45) is 9.84. The second kappa shape index (κ2) is 6.11. The molecule has 2 fully saturated rings. The number of hydrogen-bond donors (Lipinski definition) is 1. The van der Waals surface area contributed by atoms with Crippen LogP contribution in [0.15, 0.2) is 0 Å². The molecule has 2 aliphatic carbocycles. The van der Waals surface area contributed by atoms with E-state index in [9.17, 15) is 0 Å². The van der Waals surface area contributed by atoms with Gasteiger partial charge in [0.1, 0.15) is 0 Å². The van der Waals surface area contributed by atoms with E-state index < -0.39 is 0 Å². The van der Waals surface area contributed by atoms with Gasteiger partial charge in [0.15, 0.2) is 0 Å². The minimum atomic E-state index is 0.466. The molecule has 112 valence electrons. The largest absolute Gasteiger partial charge is 0.319 e. The van der Waals surface area contributed by atoms with Gasteiger partial charge in [0.2, 0.25) is 0 Å². The maximum absolute atomic E-state index is 3.43. The molecular weight excluding hydrogens is 234 g/mol. The van der Waals surface area contributed by atoms with Gasteiger partial charge >= 0.3 is 0 Å². The van der Waals surface area contributed by atoms with Gasteiger partial charge in [0.05, 0.1) is 0 Å². The Morgan fingerprint density at radius 2 is 1.53 bits per heavy atom. The molecule has 1 N–H and O–H groups in total. The number of hydrogen-bond acceptors (Lipinski definition) is 3. The van der Waals surface area contributed by atoms with Crippen LogP contribution in [0.3, 0.4) is 0 Å². The van der Waals surface area contributed by atoms with E-state index >= 15 is 0 Å². The van der Waals surface area contributed by atoms with Crippen molar-refractivity contribution in [2.75, 3.05) is 47.8 Å². The molecule has 2 aliphatic rings. The molecule has 0 bridgehead atoms. The summed E-state index contributed by atoms with van der Waals surface area (Å²) in [7, 11) is 8.95. The number of nitrogens with zero attached hydrogens (tertiary/aromatic N) is 2. The third kappa shape index (κ3) is 3.32. The highest BCUT2D eigenvalue weighted by Gasteiger charge is 2.41. The second-order valence-electron chi connectivity index (χ2n) is 7.38. The van der Waals surface area contributed by atoms with Crippen molar-refractivity contribution in [3.63, 3.8) is 0 Å². The molecule has 0 spiro atoms. The van der Waals surface area contributed by atoms with E-state index in [2.05, 4.69) is 43.3 Å². The van der Waals surface area contributed by atoms with Crippen LogP contribution in [0.4, 0.5) is 0 Å². The van der Waals surface area contributed by atoms with Crippen molar-refractivity contribution in [3.05, 3.63) is 0 Å². The highest BCUT2D eigenvalue weighted by atomic mass is 15.2. The van der Waals surface area contributed by atoms with Gasteiger partial charge in [-0.25, -0.2) is 0 Å². The van der Waals surface area contributed by atoms with E-state index in [-0.39, 0.29) is 0 Å². The molecule has 0 unspecified atom stereocenters. The number of likely N-dealkylation sites (N-methyl/N-ethyl adjacent to an activating group) is 2. The molecule has 0 aromatic rings. The van der Waals surface area contributed by atoms with Crippen molar-refractivity contribution in [1.29, 1.82) is 0 Å². The quantitative estimate of drug-likeness (QED) is 0.763. The molecule has 19 heavy (non-hydrogen) atoms. The molecule has 0 aromatic carbocycles. The van der Waals surface area contributed by atoms with Crippen LogP contribution in [0.1, 0.15) is 44.9 Å². The normalized spacial score (nSPS) is 24.9. The van der Waals surface area contributed by atoms with Crippen LogP contribution < -0.4 is 5.32 Å². The van der Waals surface area contributed by atoms with Gasteiger partial charge in [-0.1, -0.05) is 12.8 Å². The maximum atomic E-state index is 3.43. The lowest BCUT2D eigenvalue weighted by Crippen LogP contribution is -2.57.